The second-order valence-electron chi connectivity index (χ2n) is 5.38. The molecular weight excluding hydrogens is 280 g/mol. The van der Waals surface area contributed by atoms with Crippen molar-refractivity contribution in [3.05, 3.63) is 0 Å². The first kappa shape index (κ1) is 17.4. The Morgan fingerprint density at radius 3 is 2.50 bits per heavy atom. The van der Waals surface area contributed by atoms with E-state index in [0.29, 0.717) is 32.4 Å². The molecule has 1 rings (SSSR count). The van der Waals surface area contributed by atoms with Gasteiger partial charge in [0.15, 0.2) is 0 Å². The summed E-state index contributed by atoms with van der Waals surface area (Å²) in [4.78, 5) is 11.5. The molecule has 1 heterocycles. The number of aliphatic hydroxyl groups excluding tert-OH is 1. The van der Waals surface area contributed by atoms with E-state index in [1.54, 1.807) is 11.2 Å². The summed E-state index contributed by atoms with van der Waals surface area (Å²) in [6.07, 6.45) is 4.35. The van der Waals surface area contributed by atoms with E-state index in [1.165, 1.54) is 0 Å². The number of carbonyl (C=O) groups excluding carboxylic acids is 1. The van der Waals surface area contributed by atoms with Crippen molar-refractivity contribution >= 4 is 15.9 Å². The summed E-state index contributed by atoms with van der Waals surface area (Å²) in [7, 11) is -3.15. The fourth-order valence-corrected chi connectivity index (χ4v) is 3.88. The number of rotatable bonds is 8. The van der Waals surface area contributed by atoms with Crippen LogP contribution in [0.2, 0.25) is 0 Å². The van der Waals surface area contributed by atoms with Crippen molar-refractivity contribution in [2.24, 2.45) is 0 Å². The minimum atomic E-state index is -3.15. The average molecular weight is 306 g/mol. The minimum absolute atomic E-state index is 0.0882. The third kappa shape index (κ3) is 6.19. The van der Waals surface area contributed by atoms with Crippen LogP contribution in [0.15, 0.2) is 0 Å². The second kappa shape index (κ2) is 8.59. The van der Waals surface area contributed by atoms with Crippen molar-refractivity contribution in [2.45, 2.75) is 51.5 Å². The lowest BCUT2D eigenvalue weighted by Gasteiger charge is -2.25. The molecule has 1 fully saturated rings. The van der Waals surface area contributed by atoms with Crippen molar-refractivity contribution in [3.8, 4) is 0 Å². The molecule has 0 saturated carbocycles. The third-order valence-corrected chi connectivity index (χ3v) is 5.40. The van der Waals surface area contributed by atoms with Crippen LogP contribution in [0.3, 0.4) is 0 Å². The van der Waals surface area contributed by atoms with Crippen molar-refractivity contribution < 1.29 is 18.3 Å². The fourth-order valence-electron chi connectivity index (χ4n) is 2.23. The van der Waals surface area contributed by atoms with Gasteiger partial charge in [-0.2, -0.15) is 0 Å². The number of aliphatic hydroxyl groups is 1. The normalized spacial score (nSPS) is 18.7. The first-order valence-electron chi connectivity index (χ1n) is 7.34. The molecule has 1 aliphatic heterocycles. The zero-order chi connectivity index (χ0) is 15.0. The summed E-state index contributed by atoms with van der Waals surface area (Å²) >= 11 is 0. The fraction of sp³-hybridized carbons (Fsp3) is 0.923. The highest BCUT2D eigenvalue weighted by Crippen LogP contribution is 2.14. The van der Waals surface area contributed by atoms with E-state index < -0.39 is 10.0 Å². The zero-order valence-corrected chi connectivity index (χ0v) is 13.0. The molecule has 1 saturated heterocycles. The predicted octanol–water partition coefficient (Wildman–Crippen LogP) is 0.469. The largest absolute Gasteiger partial charge is 0.394 e. The van der Waals surface area contributed by atoms with Gasteiger partial charge < -0.3 is 10.4 Å². The van der Waals surface area contributed by atoms with Gasteiger partial charge in [0.1, 0.15) is 0 Å². The summed E-state index contributed by atoms with van der Waals surface area (Å²) in [5.74, 6) is -0.0162. The molecule has 1 aliphatic rings. The van der Waals surface area contributed by atoms with Crippen molar-refractivity contribution in [1.29, 1.82) is 0 Å². The first-order chi connectivity index (χ1) is 9.45. The lowest BCUT2D eigenvalue weighted by Crippen LogP contribution is -2.37. The van der Waals surface area contributed by atoms with E-state index in [9.17, 15) is 13.2 Å². The van der Waals surface area contributed by atoms with Crippen LogP contribution < -0.4 is 5.32 Å². The Balaban J connectivity index is 2.21. The highest BCUT2D eigenvalue weighted by Gasteiger charge is 2.23. The molecule has 2 N–H and O–H groups in total. The molecule has 20 heavy (non-hydrogen) atoms. The van der Waals surface area contributed by atoms with Gasteiger partial charge in [-0.15, -0.1) is 0 Å². The van der Waals surface area contributed by atoms with E-state index >= 15 is 0 Å². The quantitative estimate of drug-likeness (QED) is 0.638. The Kier molecular flexibility index (Phi) is 7.47. The maximum Gasteiger partial charge on any atom is 0.220 e. The Hall–Kier alpha value is -0.660. The van der Waals surface area contributed by atoms with Gasteiger partial charge >= 0.3 is 0 Å². The van der Waals surface area contributed by atoms with Crippen molar-refractivity contribution in [3.63, 3.8) is 0 Å². The summed E-state index contributed by atoms with van der Waals surface area (Å²) < 4.78 is 25.7. The molecule has 0 aromatic heterocycles. The molecule has 0 radical (unpaired) electrons. The van der Waals surface area contributed by atoms with Gasteiger partial charge in [-0.1, -0.05) is 6.42 Å². The van der Waals surface area contributed by atoms with E-state index in [0.717, 1.165) is 19.3 Å². The molecule has 7 heteroatoms. The molecule has 118 valence electrons. The topological polar surface area (TPSA) is 86.7 Å². The van der Waals surface area contributed by atoms with Gasteiger partial charge in [-0.3, -0.25) is 4.79 Å². The molecule has 0 aromatic carbocycles. The van der Waals surface area contributed by atoms with Crippen LogP contribution in [0.5, 0.6) is 0 Å². The van der Waals surface area contributed by atoms with Crippen molar-refractivity contribution in [2.75, 3.05) is 25.4 Å². The molecule has 1 atom stereocenters. The molecule has 0 aromatic rings. The zero-order valence-electron chi connectivity index (χ0n) is 12.2. The number of nitrogens with one attached hydrogen (secondary N) is 1. The highest BCUT2D eigenvalue weighted by molar-refractivity contribution is 7.89. The van der Waals surface area contributed by atoms with Gasteiger partial charge in [-0.05, 0) is 32.6 Å². The smallest absolute Gasteiger partial charge is 0.220 e. The lowest BCUT2D eigenvalue weighted by atomic mass is 10.2. The number of amides is 1. The summed E-state index contributed by atoms with van der Waals surface area (Å²) in [6, 6.07) is -0.250. The van der Waals surface area contributed by atoms with Crippen LogP contribution in [-0.4, -0.2) is 55.2 Å². The summed E-state index contributed by atoms with van der Waals surface area (Å²) in [5, 5.41) is 11.4. The lowest BCUT2D eigenvalue weighted by molar-refractivity contribution is -0.122. The standard InChI is InChI=1S/C13H26N2O4S/c1-12(11-16)14-13(17)7-3-6-10-20(18,19)15-8-4-2-5-9-15/h12,16H,2-11H2,1H3,(H,14,17)/t12-/m0/s1. The van der Waals surface area contributed by atoms with E-state index in [2.05, 4.69) is 5.32 Å². The Morgan fingerprint density at radius 2 is 1.90 bits per heavy atom. The number of sulfonamides is 1. The Morgan fingerprint density at radius 1 is 1.25 bits per heavy atom. The van der Waals surface area contributed by atoms with Crippen LogP contribution in [0, 0.1) is 0 Å². The van der Waals surface area contributed by atoms with Gasteiger partial charge in [0.25, 0.3) is 0 Å². The molecule has 1 amide bonds. The molecule has 0 bridgehead atoms. The minimum Gasteiger partial charge on any atom is -0.394 e. The maximum atomic E-state index is 12.0. The summed E-state index contributed by atoms with van der Waals surface area (Å²) in [6.45, 7) is 2.90. The van der Waals surface area contributed by atoms with E-state index in [1.807, 2.05) is 0 Å². The first-order valence-corrected chi connectivity index (χ1v) is 8.94. The van der Waals surface area contributed by atoms with Gasteiger partial charge in [-0.25, -0.2) is 12.7 Å². The van der Waals surface area contributed by atoms with E-state index in [4.69, 9.17) is 5.11 Å². The maximum absolute atomic E-state index is 12.0. The van der Waals surface area contributed by atoms with Crippen molar-refractivity contribution in [1.82, 2.24) is 9.62 Å². The Labute approximate surface area is 121 Å². The van der Waals surface area contributed by atoms with Gasteiger partial charge in [0.2, 0.25) is 15.9 Å². The molecular formula is C13H26N2O4S. The van der Waals surface area contributed by atoms with Crippen LogP contribution in [0.1, 0.15) is 45.4 Å². The predicted molar refractivity (Wildman–Crippen MR) is 77.8 cm³/mol. The number of nitrogens with zero attached hydrogens (tertiary/aromatic N) is 1. The number of hydrogen-bond acceptors (Lipinski definition) is 4. The second-order valence-corrected chi connectivity index (χ2v) is 7.47. The van der Waals surface area contributed by atoms with Crippen LogP contribution in [0.25, 0.3) is 0 Å². The third-order valence-electron chi connectivity index (χ3n) is 3.45. The van der Waals surface area contributed by atoms with E-state index in [-0.39, 0.29) is 24.3 Å². The Bertz CT molecular complexity index is 391. The van der Waals surface area contributed by atoms with Crippen LogP contribution in [-0.2, 0) is 14.8 Å². The summed E-state index contributed by atoms with van der Waals surface area (Å²) in [5.41, 5.74) is 0. The molecule has 0 spiro atoms. The highest BCUT2D eigenvalue weighted by atomic mass is 32.2. The SMILES string of the molecule is C[C@@H](CO)NC(=O)CCCCS(=O)(=O)N1CCCCC1. The monoisotopic (exact) mass is 306 g/mol. The van der Waals surface area contributed by atoms with Gasteiger partial charge in [0, 0.05) is 25.6 Å². The molecule has 0 aliphatic carbocycles. The van der Waals surface area contributed by atoms with Crippen LogP contribution in [0.4, 0.5) is 0 Å². The molecule has 6 nitrogen and oxygen atoms in total. The average Bonchev–Trinajstić information content (AvgIpc) is 2.44. The van der Waals surface area contributed by atoms with Gasteiger partial charge in [0.05, 0.1) is 12.4 Å². The van der Waals surface area contributed by atoms with Crippen LogP contribution >= 0.6 is 0 Å². The number of hydrogen-bond donors (Lipinski definition) is 2. The number of unbranched alkanes of at least 4 members (excludes halogenated alkanes) is 1. The number of carbonyl (C=O) groups is 1. The number of piperidine rings is 1. The molecule has 0 unspecified atom stereocenters.